The molecule has 0 saturated heterocycles. The van der Waals surface area contributed by atoms with Gasteiger partial charge in [0.25, 0.3) is 0 Å². The lowest BCUT2D eigenvalue weighted by Gasteiger charge is -2.29. The monoisotopic (exact) mass is 492 g/mol. The second-order valence-corrected chi connectivity index (χ2v) is 9.20. The number of nitrogens with one attached hydrogen (secondary N) is 1. The van der Waals surface area contributed by atoms with Gasteiger partial charge in [-0.1, -0.05) is 13.3 Å². The number of alkyl halides is 3. The molecule has 0 atom stereocenters. The van der Waals surface area contributed by atoms with Gasteiger partial charge in [-0.2, -0.15) is 18.3 Å². The maximum atomic E-state index is 13.3. The summed E-state index contributed by atoms with van der Waals surface area (Å²) in [5.41, 5.74) is 1.52. The Morgan fingerprint density at radius 1 is 1.15 bits per heavy atom. The Balaban J connectivity index is 1.54. The standard InChI is InChI=1S/C21H23F3N8OS/c1-3-4-13-10-14-18(31-6-7-32-16(11-31)29-30-20(32)21(22,23)24)25-17(26-19(14)34-13)15-9-12(27-28-15)5-8-33-2/h9-10H,3-8,11H2,1-2H3,(H,27,28). The lowest BCUT2D eigenvalue weighted by Crippen LogP contribution is -2.36. The Hall–Kier alpha value is -3.06. The number of hydrogen-bond donors (Lipinski definition) is 1. The molecule has 1 aliphatic heterocycles. The molecule has 0 bridgehead atoms. The molecular formula is C21H23F3N8OS. The Labute approximate surface area is 197 Å². The topological polar surface area (TPSA) is 97.6 Å². The highest BCUT2D eigenvalue weighted by molar-refractivity contribution is 7.18. The molecule has 1 N–H and O–H groups in total. The van der Waals surface area contributed by atoms with Crippen molar-refractivity contribution in [2.45, 2.75) is 45.5 Å². The summed E-state index contributed by atoms with van der Waals surface area (Å²) in [7, 11) is 1.64. The molecule has 0 amide bonds. The number of aromatic nitrogens is 7. The maximum Gasteiger partial charge on any atom is 0.451 e. The van der Waals surface area contributed by atoms with Gasteiger partial charge >= 0.3 is 6.18 Å². The largest absolute Gasteiger partial charge is 0.451 e. The van der Waals surface area contributed by atoms with E-state index < -0.39 is 12.0 Å². The molecule has 34 heavy (non-hydrogen) atoms. The first-order valence-corrected chi connectivity index (χ1v) is 11.8. The van der Waals surface area contributed by atoms with Crippen LogP contribution < -0.4 is 4.90 Å². The van der Waals surface area contributed by atoms with Crippen LogP contribution in [-0.2, 0) is 36.8 Å². The van der Waals surface area contributed by atoms with E-state index in [4.69, 9.17) is 14.7 Å². The van der Waals surface area contributed by atoms with Crippen LogP contribution >= 0.6 is 11.3 Å². The Kier molecular flexibility index (Phi) is 5.98. The third-order valence-electron chi connectivity index (χ3n) is 5.66. The summed E-state index contributed by atoms with van der Waals surface area (Å²) in [6.45, 7) is 3.31. The molecule has 0 saturated carbocycles. The van der Waals surface area contributed by atoms with Crippen LogP contribution in [0.2, 0.25) is 0 Å². The number of nitrogens with zero attached hydrogens (tertiary/aromatic N) is 7. The van der Waals surface area contributed by atoms with Crippen molar-refractivity contribution in [3.8, 4) is 11.5 Å². The van der Waals surface area contributed by atoms with Gasteiger partial charge in [-0.25, -0.2) is 9.97 Å². The first-order valence-electron chi connectivity index (χ1n) is 11.0. The van der Waals surface area contributed by atoms with Crippen LogP contribution in [0.5, 0.6) is 0 Å². The van der Waals surface area contributed by atoms with Crippen LogP contribution in [-0.4, -0.2) is 55.2 Å². The average molecular weight is 493 g/mol. The molecular weight excluding hydrogens is 469 g/mol. The summed E-state index contributed by atoms with van der Waals surface area (Å²) in [5, 5.41) is 15.4. The highest BCUT2D eigenvalue weighted by Gasteiger charge is 2.39. The van der Waals surface area contributed by atoms with Crippen LogP contribution in [0.25, 0.3) is 21.7 Å². The zero-order chi connectivity index (χ0) is 23.9. The predicted octanol–water partition coefficient (Wildman–Crippen LogP) is 3.85. The number of aryl methyl sites for hydroxylation is 1. The summed E-state index contributed by atoms with van der Waals surface area (Å²) in [5.74, 6) is 0.437. The van der Waals surface area contributed by atoms with E-state index in [9.17, 15) is 13.2 Å². The van der Waals surface area contributed by atoms with Gasteiger partial charge in [-0.05, 0) is 18.6 Å². The molecule has 0 spiro atoms. The Morgan fingerprint density at radius 2 is 2.00 bits per heavy atom. The normalized spacial score (nSPS) is 14.2. The van der Waals surface area contributed by atoms with Gasteiger partial charge in [-0.15, -0.1) is 21.5 Å². The highest BCUT2D eigenvalue weighted by Crippen LogP contribution is 2.36. The molecule has 0 unspecified atom stereocenters. The van der Waals surface area contributed by atoms with Gasteiger partial charge in [0.15, 0.2) is 11.6 Å². The van der Waals surface area contributed by atoms with E-state index in [1.807, 2.05) is 11.0 Å². The summed E-state index contributed by atoms with van der Waals surface area (Å²) >= 11 is 1.60. The smallest absolute Gasteiger partial charge is 0.384 e. The fraction of sp³-hybridized carbons (Fsp3) is 0.476. The van der Waals surface area contributed by atoms with Crippen LogP contribution in [0, 0.1) is 0 Å². The zero-order valence-corrected chi connectivity index (χ0v) is 19.5. The second kappa shape index (κ2) is 8.95. The molecule has 13 heteroatoms. The molecule has 5 rings (SSSR count). The molecule has 1 aliphatic rings. The van der Waals surface area contributed by atoms with Crippen molar-refractivity contribution < 1.29 is 17.9 Å². The van der Waals surface area contributed by atoms with Crippen LogP contribution in [0.4, 0.5) is 19.0 Å². The Bertz CT molecular complexity index is 1310. The van der Waals surface area contributed by atoms with Gasteiger partial charge < -0.3 is 14.2 Å². The summed E-state index contributed by atoms with van der Waals surface area (Å²) in [6, 6.07) is 3.98. The van der Waals surface area contributed by atoms with Gasteiger partial charge in [0, 0.05) is 37.2 Å². The number of H-pyrrole nitrogens is 1. The molecule has 9 nitrogen and oxygen atoms in total. The van der Waals surface area contributed by atoms with E-state index in [0.717, 1.165) is 33.3 Å². The fourth-order valence-corrected chi connectivity index (χ4v) is 5.17. The summed E-state index contributed by atoms with van der Waals surface area (Å²) in [6.07, 6.45) is -1.94. The van der Waals surface area contributed by atoms with E-state index in [1.54, 1.807) is 18.4 Å². The number of methoxy groups -OCH3 is 1. The lowest BCUT2D eigenvalue weighted by atomic mass is 10.2. The van der Waals surface area contributed by atoms with E-state index in [1.165, 1.54) is 4.88 Å². The van der Waals surface area contributed by atoms with Gasteiger partial charge in [-0.3, -0.25) is 5.10 Å². The Morgan fingerprint density at radius 3 is 2.76 bits per heavy atom. The fourth-order valence-electron chi connectivity index (χ4n) is 4.05. The van der Waals surface area contributed by atoms with Crippen LogP contribution in [0.15, 0.2) is 12.1 Å². The van der Waals surface area contributed by atoms with Crippen molar-refractivity contribution >= 4 is 27.4 Å². The molecule has 0 aliphatic carbocycles. The van der Waals surface area contributed by atoms with Crippen LogP contribution in [0.3, 0.4) is 0 Å². The average Bonchev–Trinajstić information content (AvgIpc) is 3.53. The summed E-state index contributed by atoms with van der Waals surface area (Å²) in [4.78, 5) is 13.5. The number of hydrogen-bond acceptors (Lipinski definition) is 8. The van der Waals surface area contributed by atoms with Crippen molar-refractivity contribution in [2.75, 3.05) is 25.2 Å². The first-order chi connectivity index (χ1) is 16.4. The number of ether oxygens (including phenoxy) is 1. The number of thiophene rings is 1. The SMILES string of the molecule is CCCc1cc2c(N3CCn4c(nnc4C(F)(F)F)C3)nc(-c3cc(CCOC)[nH]n3)nc2s1. The van der Waals surface area contributed by atoms with Gasteiger partial charge in [0.05, 0.1) is 18.5 Å². The van der Waals surface area contributed by atoms with Gasteiger partial charge in [0.2, 0.25) is 5.82 Å². The highest BCUT2D eigenvalue weighted by atomic mass is 32.1. The van der Waals surface area contributed by atoms with Crippen molar-refractivity contribution in [2.24, 2.45) is 0 Å². The quantitative estimate of drug-likeness (QED) is 0.418. The van der Waals surface area contributed by atoms with Crippen LogP contribution in [0.1, 0.15) is 35.6 Å². The number of anilines is 1. The third-order valence-corrected chi connectivity index (χ3v) is 6.75. The molecule has 5 heterocycles. The van der Waals surface area contributed by atoms with Crippen molar-refractivity contribution in [1.82, 2.24) is 34.9 Å². The number of rotatable bonds is 7. The minimum atomic E-state index is -4.54. The van der Waals surface area contributed by atoms with E-state index in [0.29, 0.717) is 36.9 Å². The number of halogens is 3. The van der Waals surface area contributed by atoms with Crippen molar-refractivity contribution in [3.63, 3.8) is 0 Å². The first kappa shape index (κ1) is 22.7. The minimum Gasteiger partial charge on any atom is -0.384 e. The molecule has 4 aromatic rings. The van der Waals surface area contributed by atoms with Gasteiger partial charge in [0.1, 0.15) is 16.3 Å². The van der Waals surface area contributed by atoms with Crippen molar-refractivity contribution in [1.29, 1.82) is 0 Å². The second-order valence-electron chi connectivity index (χ2n) is 8.08. The van der Waals surface area contributed by atoms with E-state index >= 15 is 0 Å². The molecule has 4 aromatic heterocycles. The molecule has 0 aromatic carbocycles. The molecule has 180 valence electrons. The zero-order valence-electron chi connectivity index (χ0n) is 18.7. The number of aromatic amines is 1. The maximum absolute atomic E-state index is 13.3. The molecule has 0 radical (unpaired) electrons. The minimum absolute atomic E-state index is 0.119. The summed E-state index contributed by atoms with van der Waals surface area (Å²) < 4.78 is 46.0. The van der Waals surface area contributed by atoms with E-state index in [2.05, 4.69) is 33.4 Å². The predicted molar refractivity (Wildman–Crippen MR) is 121 cm³/mol. The lowest BCUT2D eigenvalue weighted by molar-refractivity contribution is -0.147. The van der Waals surface area contributed by atoms with E-state index in [-0.39, 0.29) is 18.9 Å². The third kappa shape index (κ3) is 4.25. The van der Waals surface area contributed by atoms with Crippen molar-refractivity contribution in [3.05, 3.63) is 34.4 Å². The molecule has 0 fully saturated rings. The number of fused-ring (bicyclic) bond motifs is 2.